The molecule has 1 aromatic carbocycles. The summed E-state index contributed by atoms with van der Waals surface area (Å²) in [7, 11) is 4.08. The summed E-state index contributed by atoms with van der Waals surface area (Å²) in [5.74, 6) is 0. The Labute approximate surface area is 124 Å². The Hall–Kier alpha value is -0.900. The monoisotopic (exact) mass is 278 g/mol. The lowest BCUT2D eigenvalue weighted by atomic mass is 9.80. The SMILES string of the molecule is CNC(c1ccccc1)C(C)(C)CN(C)CC(C)(C)O. The normalized spacial score (nSPS) is 14.6. The number of aliphatic hydroxyl groups is 1. The number of rotatable bonds is 7. The summed E-state index contributed by atoms with van der Waals surface area (Å²) in [4.78, 5) is 2.20. The molecule has 3 nitrogen and oxygen atoms in total. The minimum atomic E-state index is -0.660. The van der Waals surface area contributed by atoms with E-state index in [4.69, 9.17) is 0 Å². The molecular formula is C17H30N2O. The molecule has 1 aromatic rings. The zero-order chi connectivity index (χ0) is 15.4. The minimum absolute atomic E-state index is 0.0656. The zero-order valence-corrected chi connectivity index (χ0v) is 13.8. The van der Waals surface area contributed by atoms with Gasteiger partial charge in [-0.05, 0) is 38.9 Å². The predicted octanol–water partition coefficient (Wildman–Crippen LogP) is 2.68. The van der Waals surface area contributed by atoms with Crippen LogP contribution in [0.15, 0.2) is 30.3 Å². The molecule has 0 aliphatic carbocycles. The molecule has 0 fully saturated rings. The minimum Gasteiger partial charge on any atom is -0.389 e. The second kappa shape index (κ2) is 6.70. The Balaban J connectivity index is 2.80. The van der Waals surface area contributed by atoms with Gasteiger partial charge in [-0.15, -0.1) is 0 Å². The topological polar surface area (TPSA) is 35.5 Å². The first kappa shape index (κ1) is 17.2. The second-order valence-corrected chi connectivity index (χ2v) is 7.11. The van der Waals surface area contributed by atoms with Crippen molar-refractivity contribution in [1.82, 2.24) is 10.2 Å². The number of nitrogens with one attached hydrogen (secondary N) is 1. The van der Waals surface area contributed by atoms with E-state index in [2.05, 4.69) is 55.4 Å². The van der Waals surface area contributed by atoms with Gasteiger partial charge >= 0.3 is 0 Å². The van der Waals surface area contributed by atoms with E-state index >= 15 is 0 Å². The van der Waals surface area contributed by atoms with Crippen LogP contribution in [0.5, 0.6) is 0 Å². The highest BCUT2D eigenvalue weighted by atomic mass is 16.3. The number of likely N-dealkylation sites (N-methyl/N-ethyl adjacent to an activating group) is 1. The van der Waals surface area contributed by atoms with Gasteiger partial charge in [0.15, 0.2) is 0 Å². The number of nitrogens with zero attached hydrogens (tertiary/aromatic N) is 1. The molecule has 0 bridgehead atoms. The third-order valence-corrected chi connectivity index (χ3v) is 3.54. The average molecular weight is 278 g/mol. The Bertz CT molecular complexity index is 395. The van der Waals surface area contributed by atoms with Crippen LogP contribution in [0.25, 0.3) is 0 Å². The Kier molecular flexibility index (Phi) is 5.75. The largest absolute Gasteiger partial charge is 0.389 e. The van der Waals surface area contributed by atoms with E-state index in [-0.39, 0.29) is 11.5 Å². The van der Waals surface area contributed by atoms with Crippen LogP contribution in [0, 0.1) is 5.41 Å². The van der Waals surface area contributed by atoms with Crippen LogP contribution in [0.4, 0.5) is 0 Å². The van der Waals surface area contributed by atoms with Gasteiger partial charge in [-0.25, -0.2) is 0 Å². The fourth-order valence-corrected chi connectivity index (χ4v) is 3.16. The van der Waals surface area contributed by atoms with Crippen LogP contribution < -0.4 is 5.32 Å². The third kappa shape index (κ3) is 5.23. The van der Waals surface area contributed by atoms with Crippen molar-refractivity contribution in [3.8, 4) is 0 Å². The van der Waals surface area contributed by atoms with Crippen molar-refractivity contribution in [2.24, 2.45) is 5.41 Å². The summed E-state index contributed by atoms with van der Waals surface area (Å²) in [6.07, 6.45) is 0. The summed E-state index contributed by atoms with van der Waals surface area (Å²) in [5, 5.41) is 13.4. The summed E-state index contributed by atoms with van der Waals surface area (Å²) in [5.41, 5.74) is 0.708. The maximum Gasteiger partial charge on any atom is 0.0718 e. The van der Waals surface area contributed by atoms with Crippen molar-refractivity contribution in [2.45, 2.75) is 39.3 Å². The highest BCUT2D eigenvalue weighted by Crippen LogP contribution is 2.33. The fourth-order valence-electron chi connectivity index (χ4n) is 3.16. The van der Waals surface area contributed by atoms with Gasteiger partial charge in [0.05, 0.1) is 5.60 Å². The van der Waals surface area contributed by atoms with Gasteiger partial charge in [0, 0.05) is 19.1 Å². The number of benzene rings is 1. The van der Waals surface area contributed by atoms with Crippen LogP contribution in [0.2, 0.25) is 0 Å². The molecule has 0 aliphatic heterocycles. The standard InChI is InChI=1S/C17H30N2O/c1-16(2,12-19(6)13-17(3,4)20)15(18-5)14-10-8-7-9-11-14/h7-11,15,18,20H,12-13H2,1-6H3. The predicted molar refractivity (Wildman–Crippen MR) is 85.8 cm³/mol. The van der Waals surface area contributed by atoms with E-state index < -0.39 is 5.60 Å². The molecule has 0 saturated heterocycles. The van der Waals surface area contributed by atoms with Crippen LogP contribution in [-0.4, -0.2) is 42.8 Å². The highest BCUT2D eigenvalue weighted by molar-refractivity contribution is 5.21. The molecule has 1 rings (SSSR count). The van der Waals surface area contributed by atoms with E-state index in [9.17, 15) is 5.11 Å². The van der Waals surface area contributed by atoms with E-state index in [1.54, 1.807) is 0 Å². The van der Waals surface area contributed by atoms with Crippen molar-refractivity contribution in [3.63, 3.8) is 0 Å². The lowest BCUT2D eigenvalue weighted by Crippen LogP contribution is -2.45. The van der Waals surface area contributed by atoms with Crippen LogP contribution in [0.3, 0.4) is 0 Å². The zero-order valence-electron chi connectivity index (χ0n) is 13.8. The molecule has 0 spiro atoms. The Morgan fingerprint density at radius 1 is 1.10 bits per heavy atom. The van der Waals surface area contributed by atoms with Crippen molar-refractivity contribution in [3.05, 3.63) is 35.9 Å². The summed E-state index contributed by atoms with van der Waals surface area (Å²) in [6.45, 7) is 9.82. The Morgan fingerprint density at radius 2 is 1.65 bits per heavy atom. The molecule has 0 radical (unpaired) electrons. The number of hydrogen-bond acceptors (Lipinski definition) is 3. The van der Waals surface area contributed by atoms with Gasteiger partial charge < -0.3 is 15.3 Å². The smallest absolute Gasteiger partial charge is 0.0718 e. The lowest BCUT2D eigenvalue weighted by Gasteiger charge is -2.39. The maximum absolute atomic E-state index is 9.94. The molecule has 0 saturated carbocycles. The van der Waals surface area contributed by atoms with E-state index in [0.717, 1.165) is 6.54 Å². The van der Waals surface area contributed by atoms with Gasteiger partial charge in [-0.1, -0.05) is 44.2 Å². The first-order valence-electron chi connectivity index (χ1n) is 7.29. The number of hydrogen-bond donors (Lipinski definition) is 2. The molecule has 20 heavy (non-hydrogen) atoms. The van der Waals surface area contributed by atoms with Gasteiger partial charge in [-0.3, -0.25) is 0 Å². The summed E-state index contributed by atoms with van der Waals surface area (Å²) in [6, 6.07) is 10.8. The molecule has 2 N–H and O–H groups in total. The lowest BCUT2D eigenvalue weighted by molar-refractivity contribution is 0.0295. The average Bonchev–Trinajstić information content (AvgIpc) is 2.27. The maximum atomic E-state index is 9.94. The summed E-state index contributed by atoms with van der Waals surface area (Å²) >= 11 is 0. The molecule has 1 atom stereocenters. The molecule has 114 valence electrons. The van der Waals surface area contributed by atoms with E-state index in [1.165, 1.54) is 5.56 Å². The van der Waals surface area contributed by atoms with Crippen LogP contribution in [-0.2, 0) is 0 Å². The molecule has 0 amide bonds. The van der Waals surface area contributed by atoms with E-state index in [1.807, 2.05) is 27.0 Å². The van der Waals surface area contributed by atoms with E-state index in [0.29, 0.717) is 6.54 Å². The first-order valence-corrected chi connectivity index (χ1v) is 7.29. The Morgan fingerprint density at radius 3 is 2.10 bits per heavy atom. The third-order valence-electron chi connectivity index (χ3n) is 3.54. The molecule has 0 aromatic heterocycles. The van der Waals surface area contributed by atoms with Crippen molar-refractivity contribution in [2.75, 3.05) is 27.2 Å². The van der Waals surface area contributed by atoms with Crippen molar-refractivity contribution >= 4 is 0 Å². The molecule has 0 heterocycles. The second-order valence-electron chi connectivity index (χ2n) is 7.11. The van der Waals surface area contributed by atoms with Crippen molar-refractivity contribution < 1.29 is 5.11 Å². The quantitative estimate of drug-likeness (QED) is 0.805. The van der Waals surface area contributed by atoms with Gasteiger partial charge in [0.1, 0.15) is 0 Å². The van der Waals surface area contributed by atoms with Crippen LogP contribution >= 0.6 is 0 Å². The van der Waals surface area contributed by atoms with Gasteiger partial charge in [-0.2, -0.15) is 0 Å². The van der Waals surface area contributed by atoms with Gasteiger partial charge in [0.2, 0.25) is 0 Å². The van der Waals surface area contributed by atoms with Gasteiger partial charge in [0.25, 0.3) is 0 Å². The molecular weight excluding hydrogens is 248 g/mol. The van der Waals surface area contributed by atoms with Crippen molar-refractivity contribution in [1.29, 1.82) is 0 Å². The first-order chi connectivity index (χ1) is 9.15. The molecule has 1 unspecified atom stereocenters. The molecule has 3 heteroatoms. The summed E-state index contributed by atoms with van der Waals surface area (Å²) < 4.78 is 0. The van der Waals surface area contributed by atoms with Crippen LogP contribution in [0.1, 0.15) is 39.3 Å². The highest BCUT2D eigenvalue weighted by Gasteiger charge is 2.31. The molecule has 0 aliphatic rings. The fraction of sp³-hybridized carbons (Fsp3) is 0.647.